The number of carbonyl (C=O) groups is 1. The third-order valence-electron chi connectivity index (χ3n) is 5.35. The van der Waals surface area contributed by atoms with Crippen LogP contribution in [-0.4, -0.2) is 44.6 Å². The molecule has 0 aliphatic heterocycles. The number of hydrogen-bond acceptors (Lipinski definition) is 4. The van der Waals surface area contributed by atoms with Gasteiger partial charge in [-0.05, 0) is 48.8 Å². The highest BCUT2D eigenvalue weighted by molar-refractivity contribution is 7.88. The number of sulfonamides is 1. The molecule has 0 radical (unpaired) electrons. The van der Waals surface area contributed by atoms with Gasteiger partial charge >= 0.3 is 0 Å². The maximum atomic E-state index is 12.1. The van der Waals surface area contributed by atoms with Crippen molar-refractivity contribution in [3.05, 3.63) is 29.8 Å². The van der Waals surface area contributed by atoms with E-state index in [2.05, 4.69) is 5.32 Å². The van der Waals surface area contributed by atoms with Crippen molar-refractivity contribution in [2.45, 2.75) is 38.3 Å². The van der Waals surface area contributed by atoms with Crippen molar-refractivity contribution in [2.75, 3.05) is 19.9 Å². The van der Waals surface area contributed by atoms with E-state index < -0.39 is 10.0 Å². The quantitative estimate of drug-likeness (QED) is 0.798. The van der Waals surface area contributed by atoms with Crippen LogP contribution in [-0.2, 0) is 21.4 Å². The van der Waals surface area contributed by atoms with E-state index in [1.165, 1.54) is 29.8 Å². The molecule has 3 rings (SSSR count). The summed E-state index contributed by atoms with van der Waals surface area (Å²) in [5.74, 6) is 1.99. The second-order valence-corrected chi connectivity index (χ2v) is 9.39. The maximum absolute atomic E-state index is 12.1. The summed E-state index contributed by atoms with van der Waals surface area (Å²) >= 11 is 0. The molecule has 1 aromatic rings. The molecular weight excluding hydrogens is 340 g/mol. The topological polar surface area (TPSA) is 75.7 Å². The third-order valence-corrected chi connectivity index (χ3v) is 6.61. The first-order valence-electron chi connectivity index (χ1n) is 8.73. The van der Waals surface area contributed by atoms with E-state index in [1.807, 2.05) is 12.1 Å². The molecule has 1 amide bonds. The number of fused-ring (bicyclic) bond motifs is 2. The molecular formula is C18H26N2O4S. The first-order valence-corrected chi connectivity index (χ1v) is 10.6. The predicted molar refractivity (Wildman–Crippen MR) is 95.6 cm³/mol. The summed E-state index contributed by atoms with van der Waals surface area (Å²) < 4.78 is 29.7. The Hall–Kier alpha value is -1.60. The Morgan fingerprint density at radius 2 is 1.96 bits per heavy atom. The van der Waals surface area contributed by atoms with E-state index in [1.54, 1.807) is 19.2 Å². The lowest BCUT2D eigenvalue weighted by atomic mass is 9.95. The Morgan fingerprint density at radius 3 is 2.52 bits per heavy atom. The second kappa shape index (κ2) is 7.33. The van der Waals surface area contributed by atoms with Gasteiger partial charge in [-0.15, -0.1) is 0 Å². The number of carbonyl (C=O) groups excluding carboxylic acids is 1. The monoisotopic (exact) mass is 366 g/mol. The minimum Gasteiger partial charge on any atom is -0.484 e. The molecule has 0 unspecified atom stereocenters. The second-order valence-electron chi connectivity index (χ2n) is 7.30. The van der Waals surface area contributed by atoms with Gasteiger partial charge in [0, 0.05) is 19.6 Å². The summed E-state index contributed by atoms with van der Waals surface area (Å²) in [5, 5.41) is 3.10. The molecule has 2 aliphatic carbocycles. The first kappa shape index (κ1) is 18.2. The van der Waals surface area contributed by atoms with Crippen molar-refractivity contribution in [1.82, 2.24) is 9.62 Å². The number of nitrogens with one attached hydrogen (secondary N) is 1. The van der Waals surface area contributed by atoms with Crippen LogP contribution in [0.2, 0.25) is 0 Å². The van der Waals surface area contributed by atoms with E-state index in [9.17, 15) is 13.2 Å². The number of nitrogens with zero attached hydrogens (tertiary/aromatic N) is 1. The minimum atomic E-state index is -3.20. The van der Waals surface area contributed by atoms with E-state index in [0.29, 0.717) is 24.3 Å². The van der Waals surface area contributed by atoms with Gasteiger partial charge in [0.15, 0.2) is 6.61 Å². The average molecular weight is 366 g/mol. The zero-order valence-electron chi connectivity index (χ0n) is 14.8. The highest BCUT2D eigenvalue weighted by atomic mass is 32.2. The minimum absolute atomic E-state index is 0.0104. The SMILES string of the molecule is CN(Cc1ccc(OCC(=O)N[C@@H]2C[C@H]3CC[C@H]2C3)cc1)S(C)(=O)=O. The van der Waals surface area contributed by atoms with Crippen LogP contribution in [0.5, 0.6) is 5.75 Å². The van der Waals surface area contributed by atoms with Crippen molar-refractivity contribution in [3.63, 3.8) is 0 Å². The van der Waals surface area contributed by atoms with Gasteiger partial charge in [-0.25, -0.2) is 12.7 Å². The number of hydrogen-bond donors (Lipinski definition) is 1. The van der Waals surface area contributed by atoms with E-state index in [-0.39, 0.29) is 12.5 Å². The Labute approximate surface area is 149 Å². The molecule has 2 saturated carbocycles. The van der Waals surface area contributed by atoms with Crippen LogP contribution < -0.4 is 10.1 Å². The van der Waals surface area contributed by atoms with Gasteiger partial charge in [-0.3, -0.25) is 4.79 Å². The lowest BCUT2D eigenvalue weighted by Crippen LogP contribution is -2.40. The van der Waals surface area contributed by atoms with E-state index in [4.69, 9.17) is 4.74 Å². The summed E-state index contributed by atoms with van der Waals surface area (Å²) in [7, 11) is -1.66. The number of benzene rings is 1. The Balaban J connectivity index is 1.44. The molecule has 0 heterocycles. The van der Waals surface area contributed by atoms with Gasteiger partial charge in [-0.2, -0.15) is 0 Å². The molecule has 2 bridgehead atoms. The summed E-state index contributed by atoms with van der Waals surface area (Å²) in [6, 6.07) is 7.46. The van der Waals surface area contributed by atoms with Crippen LogP contribution >= 0.6 is 0 Å². The third kappa shape index (κ3) is 4.73. The summed E-state index contributed by atoms with van der Waals surface area (Å²) in [6.45, 7) is 0.320. The molecule has 1 N–H and O–H groups in total. The van der Waals surface area contributed by atoms with Crippen molar-refractivity contribution in [2.24, 2.45) is 11.8 Å². The molecule has 1 aromatic carbocycles. The molecule has 0 aromatic heterocycles. The number of amides is 1. The van der Waals surface area contributed by atoms with Crippen LogP contribution in [0.1, 0.15) is 31.2 Å². The predicted octanol–water partition coefficient (Wildman–Crippen LogP) is 1.76. The molecule has 6 nitrogen and oxygen atoms in total. The summed E-state index contributed by atoms with van der Waals surface area (Å²) in [6.07, 6.45) is 6.10. The highest BCUT2D eigenvalue weighted by Crippen LogP contribution is 2.44. The molecule has 3 atom stereocenters. The zero-order chi connectivity index (χ0) is 18.0. The molecule has 25 heavy (non-hydrogen) atoms. The van der Waals surface area contributed by atoms with Crippen LogP contribution in [0.25, 0.3) is 0 Å². The number of ether oxygens (including phenoxy) is 1. The van der Waals surface area contributed by atoms with Crippen molar-refractivity contribution in [3.8, 4) is 5.75 Å². The van der Waals surface area contributed by atoms with Gasteiger partial charge in [0.05, 0.1) is 6.26 Å². The van der Waals surface area contributed by atoms with Crippen LogP contribution in [0.3, 0.4) is 0 Å². The molecule has 7 heteroatoms. The Morgan fingerprint density at radius 1 is 1.24 bits per heavy atom. The largest absolute Gasteiger partial charge is 0.484 e. The van der Waals surface area contributed by atoms with Gasteiger partial charge in [0.1, 0.15) is 5.75 Å². The molecule has 0 spiro atoms. The normalized spacial score (nSPS) is 25.3. The lowest BCUT2D eigenvalue weighted by molar-refractivity contribution is -0.124. The van der Waals surface area contributed by atoms with E-state index in [0.717, 1.165) is 17.9 Å². The fraction of sp³-hybridized carbons (Fsp3) is 0.611. The van der Waals surface area contributed by atoms with Crippen molar-refractivity contribution in [1.29, 1.82) is 0 Å². The van der Waals surface area contributed by atoms with Crippen LogP contribution in [0, 0.1) is 11.8 Å². The fourth-order valence-corrected chi connectivity index (χ4v) is 4.27. The Kier molecular flexibility index (Phi) is 5.34. The van der Waals surface area contributed by atoms with Crippen molar-refractivity contribution < 1.29 is 17.9 Å². The van der Waals surface area contributed by atoms with Gasteiger partial charge in [0.25, 0.3) is 5.91 Å². The van der Waals surface area contributed by atoms with Gasteiger partial charge in [0.2, 0.25) is 10.0 Å². The van der Waals surface area contributed by atoms with E-state index >= 15 is 0 Å². The van der Waals surface area contributed by atoms with Gasteiger partial charge < -0.3 is 10.1 Å². The average Bonchev–Trinajstić information content (AvgIpc) is 3.16. The number of rotatable bonds is 7. The van der Waals surface area contributed by atoms with Crippen molar-refractivity contribution >= 4 is 15.9 Å². The highest BCUT2D eigenvalue weighted by Gasteiger charge is 2.40. The molecule has 2 aliphatic rings. The van der Waals surface area contributed by atoms with Crippen LogP contribution in [0.4, 0.5) is 0 Å². The standard InChI is InChI=1S/C18H26N2O4S/c1-20(25(2,22)23)11-13-4-7-16(8-5-13)24-12-18(21)19-17-10-14-3-6-15(17)9-14/h4-5,7-8,14-15,17H,3,6,9-12H2,1-2H3,(H,19,21)/t14-,15-,17+/m0/s1. The Bertz CT molecular complexity index is 717. The maximum Gasteiger partial charge on any atom is 0.258 e. The first-order chi connectivity index (χ1) is 11.8. The molecule has 2 fully saturated rings. The van der Waals surface area contributed by atoms with Gasteiger partial charge in [-0.1, -0.05) is 18.6 Å². The van der Waals surface area contributed by atoms with Crippen LogP contribution in [0.15, 0.2) is 24.3 Å². The zero-order valence-corrected chi connectivity index (χ0v) is 15.6. The molecule has 138 valence electrons. The fourth-order valence-electron chi connectivity index (χ4n) is 3.88. The summed E-state index contributed by atoms with van der Waals surface area (Å²) in [5.41, 5.74) is 0.867. The summed E-state index contributed by atoms with van der Waals surface area (Å²) in [4.78, 5) is 12.1. The lowest BCUT2D eigenvalue weighted by Gasteiger charge is -2.22. The smallest absolute Gasteiger partial charge is 0.258 e. The molecule has 0 saturated heterocycles.